The van der Waals surface area contributed by atoms with Gasteiger partial charge in [-0.05, 0) is 13.0 Å². The summed E-state index contributed by atoms with van der Waals surface area (Å²) in [5, 5.41) is 0. The first kappa shape index (κ1) is 27.2. The summed E-state index contributed by atoms with van der Waals surface area (Å²) < 4.78 is 196. The first-order valence-corrected chi connectivity index (χ1v) is 6.65. The fraction of sp³-hybridized carbons (Fsp3) is 0.750. The van der Waals surface area contributed by atoms with Crippen LogP contribution in [-0.4, -0.2) is 54.3 Å². The molecule has 0 atom stereocenters. The number of esters is 1. The lowest BCUT2D eigenvalue weighted by Crippen LogP contribution is -2.72. The van der Waals surface area contributed by atoms with Gasteiger partial charge in [0.2, 0.25) is 0 Å². The van der Waals surface area contributed by atoms with E-state index in [0.717, 1.165) is 6.92 Å². The topological polar surface area (TPSA) is 26.3 Å². The van der Waals surface area contributed by atoms with Crippen LogP contribution in [0.4, 0.5) is 65.9 Å². The van der Waals surface area contributed by atoms with Crippen LogP contribution in [0.25, 0.3) is 0 Å². The van der Waals surface area contributed by atoms with E-state index < -0.39 is 66.4 Å². The Morgan fingerprint density at radius 3 is 1.34 bits per heavy atom. The Morgan fingerprint density at radius 2 is 1.00 bits per heavy atom. The van der Waals surface area contributed by atoms with Crippen LogP contribution in [-0.2, 0) is 9.53 Å². The predicted octanol–water partition coefficient (Wildman–Crippen LogP) is 5.48. The zero-order valence-corrected chi connectivity index (χ0v) is 13.3. The van der Waals surface area contributed by atoms with Crippen molar-refractivity contribution in [2.45, 2.75) is 48.6 Å². The average molecular weight is 468 g/mol. The van der Waals surface area contributed by atoms with E-state index in [2.05, 4.69) is 4.74 Å². The van der Waals surface area contributed by atoms with Crippen LogP contribution in [0, 0.1) is 0 Å². The number of carbonyl (C=O) groups is 1. The molecule has 0 fully saturated rings. The first-order valence-electron chi connectivity index (χ1n) is 6.65. The molecule has 0 rings (SSSR count). The van der Waals surface area contributed by atoms with Crippen LogP contribution < -0.4 is 0 Å². The maximum atomic E-state index is 13.3. The van der Waals surface area contributed by atoms with Crippen molar-refractivity contribution in [1.29, 1.82) is 0 Å². The number of hydrogen-bond acceptors (Lipinski definition) is 2. The van der Waals surface area contributed by atoms with E-state index in [1.165, 1.54) is 0 Å². The normalized spacial score (nSPS) is 15.7. The molecule has 0 aliphatic carbocycles. The van der Waals surface area contributed by atoms with E-state index in [1.54, 1.807) is 0 Å². The molecular formula is C12H7F15O2. The van der Waals surface area contributed by atoms with Crippen molar-refractivity contribution in [3.05, 3.63) is 12.2 Å². The molecule has 0 heterocycles. The van der Waals surface area contributed by atoms with Gasteiger partial charge in [-0.3, -0.25) is 0 Å². The Kier molecular flexibility index (Phi) is 6.97. The van der Waals surface area contributed by atoms with E-state index in [1.807, 2.05) is 0 Å². The molecule has 17 heteroatoms. The zero-order valence-electron chi connectivity index (χ0n) is 13.3. The number of halogens is 15. The molecule has 0 bridgehead atoms. The molecule has 0 spiro atoms. The summed E-state index contributed by atoms with van der Waals surface area (Å²) in [4.78, 5) is 10.7. The standard InChI is InChI=1S/C12H7F15O2/c1-2-29-5(28)3-4-6(13,14)7(15,16)8(17,18)9(19,20)10(21,22)11(23,24)12(25,26)27/h3-4H,2H2,1H3/b4-3-. The third kappa shape index (κ3) is 4.08. The van der Waals surface area contributed by atoms with E-state index in [4.69, 9.17) is 0 Å². The molecule has 0 aromatic carbocycles. The van der Waals surface area contributed by atoms with Crippen molar-refractivity contribution in [1.82, 2.24) is 0 Å². The highest BCUT2D eigenvalue weighted by atomic mass is 19.4. The van der Waals surface area contributed by atoms with Gasteiger partial charge in [0.1, 0.15) is 0 Å². The summed E-state index contributed by atoms with van der Waals surface area (Å²) in [6.07, 6.45) is -9.87. The van der Waals surface area contributed by atoms with E-state index >= 15 is 0 Å². The number of ether oxygens (including phenoxy) is 1. The highest BCUT2D eigenvalue weighted by molar-refractivity contribution is 5.82. The van der Waals surface area contributed by atoms with Crippen LogP contribution in [0.15, 0.2) is 12.2 Å². The van der Waals surface area contributed by atoms with Crippen molar-refractivity contribution in [2.24, 2.45) is 0 Å². The summed E-state index contributed by atoms with van der Waals surface area (Å²) >= 11 is 0. The minimum Gasteiger partial charge on any atom is -0.463 e. The van der Waals surface area contributed by atoms with Crippen LogP contribution in [0.3, 0.4) is 0 Å². The van der Waals surface area contributed by atoms with E-state index in [9.17, 15) is 70.7 Å². The Labute approximate surface area is 150 Å². The second kappa shape index (κ2) is 7.45. The molecule has 0 amide bonds. The largest absolute Gasteiger partial charge is 0.463 e. The predicted molar refractivity (Wildman–Crippen MR) is 61.5 cm³/mol. The minimum atomic E-state index is -8.36. The third-order valence-corrected chi connectivity index (χ3v) is 3.07. The summed E-state index contributed by atoms with van der Waals surface area (Å²) in [7, 11) is 0. The average Bonchev–Trinajstić information content (AvgIpc) is 2.51. The summed E-state index contributed by atoms with van der Waals surface area (Å²) in [5.74, 6) is -49.1. The van der Waals surface area contributed by atoms with Crippen LogP contribution in [0.1, 0.15) is 6.92 Å². The number of allylic oxidation sites excluding steroid dienone is 1. The van der Waals surface area contributed by atoms with Gasteiger partial charge in [0.05, 0.1) is 6.61 Å². The van der Waals surface area contributed by atoms with Crippen molar-refractivity contribution >= 4 is 5.97 Å². The van der Waals surface area contributed by atoms with E-state index in [-0.39, 0.29) is 0 Å². The number of carbonyl (C=O) groups excluding carboxylic acids is 1. The highest BCUT2D eigenvalue weighted by Gasteiger charge is 2.93. The van der Waals surface area contributed by atoms with Gasteiger partial charge in [-0.15, -0.1) is 0 Å². The van der Waals surface area contributed by atoms with Gasteiger partial charge in [0.25, 0.3) is 0 Å². The summed E-state index contributed by atoms with van der Waals surface area (Å²) in [6.45, 7) is 0.453. The van der Waals surface area contributed by atoms with Crippen LogP contribution in [0.2, 0.25) is 0 Å². The smallest absolute Gasteiger partial charge is 0.460 e. The quantitative estimate of drug-likeness (QED) is 0.268. The number of alkyl halides is 15. The van der Waals surface area contributed by atoms with Gasteiger partial charge in [-0.1, -0.05) is 0 Å². The molecular weight excluding hydrogens is 461 g/mol. The zero-order chi connectivity index (χ0) is 23.9. The lowest BCUT2D eigenvalue weighted by atomic mass is 9.91. The molecule has 29 heavy (non-hydrogen) atoms. The van der Waals surface area contributed by atoms with E-state index in [0.29, 0.717) is 0 Å². The molecule has 0 aromatic rings. The lowest BCUT2D eigenvalue weighted by Gasteiger charge is -2.41. The maximum absolute atomic E-state index is 13.3. The van der Waals surface area contributed by atoms with Crippen molar-refractivity contribution < 1.29 is 75.4 Å². The number of hydrogen-bond donors (Lipinski definition) is 0. The molecule has 0 N–H and O–H groups in total. The molecule has 0 radical (unpaired) electrons. The molecule has 0 aliphatic rings. The lowest BCUT2D eigenvalue weighted by molar-refractivity contribution is -0.449. The van der Waals surface area contributed by atoms with Crippen molar-refractivity contribution in [3.63, 3.8) is 0 Å². The Balaban J connectivity index is 6.39. The fourth-order valence-corrected chi connectivity index (χ4v) is 1.45. The minimum absolute atomic E-state index is 0.585. The highest BCUT2D eigenvalue weighted by Crippen LogP contribution is 2.62. The van der Waals surface area contributed by atoms with Gasteiger partial charge < -0.3 is 4.74 Å². The molecule has 0 aromatic heterocycles. The maximum Gasteiger partial charge on any atom is 0.460 e. The molecule has 2 nitrogen and oxygen atoms in total. The van der Waals surface area contributed by atoms with Gasteiger partial charge in [0, 0.05) is 6.08 Å². The molecule has 172 valence electrons. The van der Waals surface area contributed by atoms with Crippen molar-refractivity contribution in [2.75, 3.05) is 6.61 Å². The van der Waals surface area contributed by atoms with Crippen LogP contribution in [0.5, 0.6) is 0 Å². The Bertz CT molecular complexity index is 632. The molecule has 0 saturated heterocycles. The SMILES string of the molecule is CCOC(=O)/C=C\C(F)(F)C(F)(F)C(F)(F)C(F)(F)C(F)(F)C(F)(F)C(F)(F)F. The number of rotatable bonds is 8. The Hall–Kier alpha value is -1.84. The van der Waals surface area contributed by atoms with Gasteiger partial charge >= 0.3 is 47.7 Å². The second-order valence-corrected chi connectivity index (χ2v) is 5.08. The Morgan fingerprint density at radius 1 is 0.655 bits per heavy atom. The summed E-state index contributed by atoms with van der Waals surface area (Å²) in [6, 6.07) is 0. The third-order valence-electron chi connectivity index (χ3n) is 3.07. The fourth-order valence-electron chi connectivity index (χ4n) is 1.45. The molecule has 0 unspecified atom stereocenters. The van der Waals surface area contributed by atoms with Gasteiger partial charge in [0.15, 0.2) is 0 Å². The van der Waals surface area contributed by atoms with Crippen molar-refractivity contribution in [3.8, 4) is 0 Å². The molecule has 0 aliphatic heterocycles. The monoisotopic (exact) mass is 468 g/mol. The summed E-state index contributed by atoms with van der Waals surface area (Å²) in [5.41, 5.74) is 0. The first-order chi connectivity index (χ1) is 12.5. The second-order valence-electron chi connectivity index (χ2n) is 5.08. The van der Waals surface area contributed by atoms with Gasteiger partial charge in [-0.25, -0.2) is 4.79 Å². The van der Waals surface area contributed by atoms with Gasteiger partial charge in [-0.2, -0.15) is 65.9 Å². The van der Waals surface area contributed by atoms with Crippen LogP contribution >= 0.6 is 0 Å². The molecule has 0 saturated carbocycles.